The second-order valence-electron chi connectivity index (χ2n) is 4.63. The van der Waals surface area contributed by atoms with Crippen LogP contribution in [-0.4, -0.2) is 34.5 Å². The second kappa shape index (κ2) is 5.74. The van der Waals surface area contributed by atoms with Gasteiger partial charge in [-0.1, -0.05) is 19.1 Å². The Labute approximate surface area is 121 Å². The van der Waals surface area contributed by atoms with E-state index in [1.54, 1.807) is 38.1 Å². The number of hydrogen-bond acceptors (Lipinski definition) is 4. The van der Waals surface area contributed by atoms with Crippen molar-refractivity contribution in [2.24, 2.45) is 10.8 Å². The van der Waals surface area contributed by atoms with Crippen molar-refractivity contribution in [2.75, 3.05) is 0 Å². The molecule has 1 aromatic carbocycles. The van der Waals surface area contributed by atoms with Gasteiger partial charge in [0.15, 0.2) is 0 Å². The zero-order valence-electron chi connectivity index (χ0n) is 11.8. The Morgan fingerprint density at radius 3 is 2.29 bits per heavy atom. The van der Waals surface area contributed by atoms with Crippen LogP contribution in [0.5, 0.6) is 0 Å². The van der Waals surface area contributed by atoms with Crippen molar-refractivity contribution in [2.45, 2.75) is 26.3 Å². The Morgan fingerprint density at radius 2 is 1.81 bits per heavy atom. The first-order valence-corrected chi connectivity index (χ1v) is 6.56. The van der Waals surface area contributed by atoms with Crippen molar-refractivity contribution in [1.29, 1.82) is 0 Å². The summed E-state index contributed by atoms with van der Waals surface area (Å²) in [6.07, 6.45) is 0.262. The fourth-order valence-corrected chi connectivity index (χ4v) is 1.99. The first-order valence-electron chi connectivity index (χ1n) is 6.56. The predicted octanol–water partition coefficient (Wildman–Crippen LogP) is 0.470. The van der Waals surface area contributed by atoms with E-state index in [1.807, 2.05) is 0 Å². The maximum Gasteiger partial charge on any atom is 0.262 e. The largest absolute Gasteiger partial charge is 0.384 e. The molecule has 0 bridgehead atoms. The van der Waals surface area contributed by atoms with Gasteiger partial charge in [-0.15, -0.1) is 0 Å². The predicted molar refractivity (Wildman–Crippen MR) is 76.5 cm³/mol. The number of hydrogen-bond donors (Lipinski definition) is 2. The molecule has 0 aromatic heterocycles. The van der Waals surface area contributed by atoms with Gasteiger partial charge in [-0.2, -0.15) is 5.10 Å². The highest BCUT2D eigenvalue weighted by Gasteiger charge is 2.39. The van der Waals surface area contributed by atoms with Crippen molar-refractivity contribution in [3.05, 3.63) is 35.4 Å². The number of carbonyl (C=O) groups is 3. The van der Waals surface area contributed by atoms with Crippen LogP contribution in [-0.2, 0) is 4.79 Å². The molecule has 0 saturated heterocycles. The molecular weight excluding hydrogens is 272 g/mol. The number of benzene rings is 1. The number of nitrogens with one attached hydrogen (secondary N) is 1. The topological polar surface area (TPSA) is 105 Å². The average Bonchev–Trinajstić information content (AvgIpc) is 2.76. The molecule has 21 heavy (non-hydrogen) atoms. The molecule has 0 unspecified atom stereocenters. The van der Waals surface area contributed by atoms with Crippen LogP contribution in [0.3, 0.4) is 0 Å². The molecule has 1 atom stereocenters. The average molecular weight is 288 g/mol. The van der Waals surface area contributed by atoms with Gasteiger partial charge in [0, 0.05) is 6.42 Å². The monoisotopic (exact) mass is 288 g/mol. The van der Waals surface area contributed by atoms with Crippen LogP contribution in [0.2, 0.25) is 0 Å². The molecule has 0 aliphatic carbocycles. The molecule has 7 heteroatoms. The van der Waals surface area contributed by atoms with Gasteiger partial charge in [0.2, 0.25) is 5.91 Å². The lowest BCUT2D eigenvalue weighted by atomic mass is 10.1. The summed E-state index contributed by atoms with van der Waals surface area (Å²) in [6, 6.07) is 5.83. The van der Waals surface area contributed by atoms with E-state index in [4.69, 9.17) is 5.73 Å². The van der Waals surface area contributed by atoms with Crippen molar-refractivity contribution < 1.29 is 14.4 Å². The minimum Gasteiger partial charge on any atom is -0.384 e. The number of fused-ring (bicyclic) bond motifs is 1. The highest BCUT2D eigenvalue weighted by Crippen LogP contribution is 2.24. The molecular formula is C14H16N4O3. The van der Waals surface area contributed by atoms with Crippen molar-refractivity contribution in [3.63, 3.8) is 0 Å². The lowest BCUT2D eigenvalue weighted by Crippen LogP contribution is -2.46. The second-order valence-corrected chi connectivity index (χ2v) is 4.63. The van der Waals surface area contributed by atoms with E-state index in [1.165, 1.54) is 0 Å². The van der Waals surface area contributed by atoms with Crippen LogP contribution in [0.15, 0.2) is 29.4 Å². The van der Waals surface area contributed by atoms with Crippen molar-refractivity contribution in [1.82, 2.24) is 10.3 Å². The molecule has 110 valence electrons. The number of imide groups is 1. The molecule has 1 aromatic rings. The van der Waals surface area contributed by atoms with Crippen LogP contribution in [0.25, 0.3) is 0 Å². The standard InChI is InChI=1S/C14H16N4O3/c1-3-11(19)16-17-12(15)8(2)18-13(20)9-6-4-5-7-10(9)14(18)21/h4-8H,3H2,1-2H3,(H2,15,17)(H,16,19)/t8-/m1/s1. The SMILES string of the molecule is CCC(=O)N/N=C(/N)[C@@H](C)N1C(=O)c2ccccc2C1=O. The molecule has 1 heterocycles. The zero-order chi connectivity index (χ0) is 15.6. The van der Waals surface area contributed by atoms with E-state index in [2.05, 4.69) is 10.5 Å². The smallest absolute Gasteiger partial charge is 0.262 e. The minimum atomic E-state index is -0.741. The highest BCUT2D eigenvalue weighted by atomic mass is 16.2. The minimum absolute atomic E-state index is 0.00805. The number of hydrazone groups is 1. The van der Waals surface area contributed by atoms with Crippen molar-refractivity contribution >= 4 is 23.6 Å². The van der Waals surface area contributed by atoms with E-state index in [9.17, 15) is 14.4 Å². The summed E-state index contributed by atoms with van der Waals surface area (Å²) in [5.41, 5.74) is 8.70. The molecule has 3 N–H and O–H groups in total. The summed E-state index contributed by atoms with van der Waals surface area (Å²) < 4.78 is 0. The Balaban J connectivity index is 2.22. The number of amides is 3. The third-order valence-corrected chi connectivity index (χ3v) is 3.27. The Morgan fingerprint density at radius 1 is 1.29 bits per heavy atom. The number of rotatable bonds is 4. The third kappa shape index (κ3) is 2.62. The number of amidine groups is 1. The number of carbonyl (C=O) groups excluding carboxylic acids is 3. The van der Waals surface area contributed by atoms with Gasteiger partial charge in [-0.3, -0.25) is 19.3 Å². The van der Waals surface area contributed by atoms with E-state index in [0.29, 0.717) is 11.1 Å². The summed E-state index contributed by atoms with van der Waals surface area (Å²) in [5, 5.41) is 3.72. The van der Waals surface area contributed by atoms with Crippen molar-refractivity contribution in [3.8, 4) is 0 Å². The van der Waals surface area contributed by atoms with Gasteiger partial charge in [0.25, 0.3) is 11.8 Å². The Hall–Kier alpha value is -2.70. The van der Waals surface area contributed by atoms with Gasteiger partial charge >= 0.3 is 0 Å². The molecule has 0 fully saturated rings. The fraction of sp³-hybridized carbons (Fsp3) is 0.286. The number of nitrogens with zero attached hydrogens (tertiary/aromatic N) is 2. The summed E-state index contributed by atoms with van der Waals surface area (Å²) in [5.74, 6) is -1.13. The molecule has 7 nitrogen and oxygen atoms in total. The van der Waals surface area contributed by atoms with E-state index < -0.39 is 17.9 Å². The van der Waals surface area contributed by atoms with Gasteiger partial charge < -0.3 is 5.73 Å². The van der Waals surface area contributed by atoms with Gasteiger partial charge in [0.05, 0.1) is 17.2 Å². The maximum atomic E-state index is 12.3. The van der Waals surface area contributed by atoms with E-state index >= 15 is 0 Å². The highest BCUT2D eigenvalue weighted by molar-refractivity contribution is 6.22. The van der Waals surface area contributed by atoms with Crippen LogP contribution in [0.1, 0.15) is 41.0 Å². The van der Waals surface area contributed by atoms with E-state index in [0.717, 1.165) is 4.90 Å². The molecule has 0 spiro atoms. The summed E-state index contributed by atoms with van der Waals surface area (Å²) in [4.78, 5) is 36.7. The zero-order valence-corrected chi connectivity index (χ0v) is 11.8. The van der Waals surface area contributed by atoms with E-state index in [-0.39, 0.29) is 18.2 Å². The summed E-state index contributed by atoms with van der Waals surface area (Å²) in [7, 11) is 0. The molecule has 1 aliphatic rings. The Bertz CT molecular complexity index is 604. The third-order valence-electron chi connectivity index (χ3n) is 3.27. The number of nitrogens with two attached hydrogens (primary N) is 1. The molecule has 2 rings (SSSR count). The first kappa shape index (κ1) is 14.7. The van der Waals surface area contributed by atoms with Crippen LogP contribution in [0, 0.1) is 0 Å². The normalized spacial score (nSPS) is 15.9. The Kier molecular flexibility index (Phi) is 4.02. The lowest BCUT2D eigenvalue weighted by molar-refractivity contribution is -0.120. The first-order chi connectivity index (χ1) is 9.97. The summed E-state index contributed by atoms with van der Waals surface area (Å²) >= 11 is 0. The lowest BCUT2D eigenvalue weighted by Gasteiger charge is -2.21. The van der Waals surface area contributed by atoms with Crippen LogP contribution >= 0.6 is 0 Å². The van der Waals surface area contributed by atoms with Gasteiger partial charge in [0.1, 0.15) is 5.84 Å². The summed E-state index contributed by atoms with van der Waals surface area (Å²) in [6.45, 7) is 3.26. The van der Waals surface area contributed by atoms with Gasteiger partial charge in [-0.25, -0.2) is 5.43 Å². The molecule has 0 saturated carbocycles. The fourth-order valence-electron chi connectivity index (χ4n) is 1.99. The molecule has 3 amide bonds. The van der Waals surface area contributed by atoms with Crippen LogP contribution in [0.4, 0.5) is 0 Å². The van der Waals surface area contributed by atoms with Crippen LogP contribution < -0.4 is 11.2 Å². The molecule has 0 radical (unpaired) electrons. The molecule has 1 aliphatic heterocycles. The quantitative estimate of drug-likeness (QED) is 0.363. The van der Waals surface area contributed by atoms with Gasteiger partial charge in [-0.05, 0) is 19.1 Å². The maximum absolute atomic E-state index is 12.3.